The van der Waals surface area contributed by atoms with Crippen LogP contribution < -0.4 is 10.3 Å². The number of ether oxygens (including phenoxy) is 1. The number of non-ortho nitro benzene ring substituents is 1. The fourth-order valence-electron chi connectivity index (χ4n) is 3.67. The summed E-state index contributed by atoms with van der Waals surface area (Å²) in [5.74, 6) is -3.57. The number of nitro benzene ring substituents is 1. The van der Waals surface area contributed by atoms with Crippen LogP contribution in [0.15, 0.2) is 59.7 Å². The number of nitro groups is 1. The molecule has 2 atom stereocenters. The van der Waals surface area contributed by atoms with Gasteiger partial charge in [-0.2, -0.15) is 5.10 Å². The Hall–Kier alpha value is -4.08. The van der Waals surface area contributed by atoms with E-state index in [2.05, 4.69) is 10.5 Å². The second kappa shape index (κ2) is 6.51. The van der Waals surface area contributed by atoms with Gasteiger partial charge in [0, 0.05) is 12.1 Å². The Kier molecular flexibility index (Phi) is 4.11. The zero-order valence-corrected chi connectivity index (χ0v) is 15.1. The van der Waals surface area contributed by atoms with Gasteiger partial charge in [0.1, 0.15) is 5.92 Å². The lowest BCUT2D eigenvalue weighted by atomic mass is 9.78. The van der Waals surface area contributed by atoms with Crippen LogP contribution in [0.25, 0.3) is 0 Å². The third-order valence-corrected chi connectivity index (χ3v) is 4.99. The van der Waals surface area contributed by atoms with Gasteiger partial charge in [-0.15, -0.1) is 0 Å². The quantitative estimate of drug-likeness (QED) is 0.356. The lowest BCUT2D eigenvalue weighted by Crippen LogP contribution is -2.48. The Morgan fingerprint density at radius 3 is 2.59 bits per heavy atom. The minimum absolute atomic E-state index is 0.149. The number of anilines is 1. The smallest absolute Gasteiger partial charge is 0.355 e. The number of carbonyl (C=O) groups excluding carboxylic acids is 3. The summed E-state index contributed by atoms with van der Waals surface area (Å²) in [6.07, 6.45) is 0. The highest BCUT2D eigenvalue weighted by molar-refractivity contribution is 6.47. The summed E-state index contributed by atoms with van der Waals surface area (Å²) < 4.78 is 4.71. The molecule has 2 heterocycles. The number of imide groups is 1. The Morgan fingerprint density at radius 1 is 1.21 bits per heavy atom. The van der Waals surface area contributed by atoms with Crippen molar-refractivity contribution in [1.82, 2.24) is 5.43 Å². The maximum Gasteiger partial charge on any atom is 0.355 e. The molecule has 0 aliphatic carbocycles. The van der Waals surface area contributed by atoms with Gasteiger partial charge in [0.2, 0.25) is 5.91 Å². The number of nitrogens with one attached hydrogen (secondary N) is 1. The van der Waals surface area contributed by atoms with E-state index in [1.54, 1.807) is 30.3 Å². The second-order valence-corrected chi connectivity index (χ2v) is 6.46. The van der Waals surface area contributed by atoms with Gasteiger partial charge in [0.15, 0.2) is 11.3 Å². The third-order valence-electron chi connectivity index (χ3n) is 4.99. The average Bonchev–Trinajstić information content (AvgIpc) is 3.24. The van der Waals surface area contributed by atoms with Crippen LogP contribution in [0.4, 0.5) is 11.4 Å². The minimum Gasteiger partial charge on any atom is -0.464 e. The number of hydrogen-bond acceptors (Lipinski definition) is 8. The second-order valence-electron chi connectivity index (χ2n) is 6.46. The maximum absolute atomic E-state index is 13.5. The van der Waals surface area contributed by atoms with Gasteiger partial charge in [0.25, 0.3) is 11.6 Å². The third kappa shape index (κ3) is 2.49. The number of esters is 1. The van der Waals surface area contributed by atoms with Gasteiger partial charge in [0.05, 0.1) is 17.7 Å². The summed E-state index contributed by atoms with van der Waals surface area (Å²) in [4.78, 5) is 50.6. The van der Waals surface area contributed by atoms with E-state index in [9.17, 15) is 24.5 Å². The molecule has 4 rings (SSSR count). The first-order valence-electron chi connectivity index (χ1n) is 8.53. The zero-order chi connectivity index (χ0) is 20.8. The molecule has 2 amide bonds. The average molecular weight is 394 g/mol. The summed E-state index contributed by atoms with van der Waals surface area (Å²) >= 11 is 0. The fourth-order valence-corrected chi connectivity index (χ4v) is 3.67. The van der Waals surface area contributed by atoms with Crippen LogP contribution in [0.3, 0.4) is 0 Å². The summed E-state index contributed by atoms with van der Waals surface area (Å²) in [7, 11) is 1.13. The highest BCUT2D eigenvalue weighted by Crippen LogP contribution is 2.45. The van der Waals surface area contributed by atoms with Crippen LogP contribution in [-0.4, -0.2) is 35.5 Å². The molecular weight excluding hydrogens is 380 g/mol. The molecule has 0 unspecified atom stereocenters. The number of amides is 2. The van der Waals surface area contributed by atoms with Crippen LogP contribution >= 0.6 is 0 Å². The molecule has 2 aliphatic heterocycles. The number of hydrogen-bond donors (Lipinski definition) is 1. The predicted octanol–water partition coefficient (Wildman–Crippen LogP) is 1.11. The molecule has 2 aromatic carbocycles. The molecule has 1 saturated heterocycles. The first-order chi connectivity index (χ1) is 13.9. The normalized spacial score (nSPS) is 22.7. The van der Waals surface area contributed by atoms with E-state index in [4.69, 9.17) is 4.74 Å². The first-order valence-corrected chi connectivity index (χ1v) is 8.53. The molecule has 0 aromatic heterocycles. The Balaban J connectivity index is 1.92. The van der Waals surface area contributed by atoms with Crippen molar-refractivity contribution in [2.24, 2.45) is 11.0 Å². The minimum atomic E-state index is -1.79. The summed E-state index contributed by atoms with van der Waals surface area (Å²) in [5, 5.41) is 15.1. The van der Waals surface area contributed by atoms with Crippen molar-refractivity contribution in [3.05, 3.63) is 70.3 Å². The number of benzene rings is 2. The Morgan fingerprint density at radius 2 is 1.93 bits per heavy atom. The molecule has 0 bridgehead atoms. The van der Waals surface area contributed by atoms with Crippen molar-refractivity contribution in [3.63, 3.8) is 0 Å². The maximum atomic E-state index is 13.5. The van der Waals surface area contributed by atoms with Crippen molar-refractivity contribution >= 4 is 34.9 Å². The molecule has 2 aromatic rings. The molecular formula is C19H14N4O6. The van der Waals surface area contributed by atoms with E-state index in [1.165, 1.54) is 24.3 Å². The molecule has 0 spiro atoms. The van der Waals surface area contributed by atoms with Crippen molar-refractivity contribution in [1.29, 1.82) is 0 Å². The van der Waals surface area contributed by atoms with Gasteiger partial charge in [-0.1, -0.05) is 30.3 Å². The van der Waals surface area contributed by atoms with Gasteiger partial charge in [-0.3, -0.25) is 25.1 Å². The molecule has 1 fully saturated rings. The van der Waals surface area contributed by atoms with E-state index >= 15 is 0 Å². The van der Waals surface area contributed by atoms with Gasteiger partial charge in [-0.05, 0) is 17.7 Å². The van der Waals surface area contributed by atoms with E-state index in [-0.39, 0.29) is 17.0 Å². The van der Waals surface area contributed by atoms with Crippen molar-refractivity contribution in [2.45, 2.75) is 5.54 Å². The van der Waals surface area contributed by atoms with Crippen molar-refractivity contribution in [2.75, 3.05) is 12.0 Å². The topological polar surface area (TPSA) is 131 Å². The molecule has 146 valence electrons. The van der Waals surface area contributed by atoms with Crippen LogP contribution in [0, 0.1) is 16.0 Å². The van der Waals surface area contributed by atoms with E-state index in [1.807, 2.05) is 0 Å². The fraction of sp³-hybridized carbons (Fsp3) is 0.158. The predicted molar refractivity (Wildman–Crippen MR) is 99.8 cm³/mol. The lowest BCUT2D eigenvalue weighted by molar-refractivity contribution is -0.385. The number of hydrazone groups is 1. The van der Waals surface area contributed by atoms with Crippen LogP contribution in [0.5, 0.6) is 0 Å². The highest BCUT2D eigenvalue weighted by Gasteiger charge is 2.67. The van der Waals surface area contributed by atoms with E-state index in [0.29, 0.717) is 5.69 Å². The standard InChI is InChI=1S/C19H14N4O6/c1-29-17(25)15-14-16(24)22(12-7-3-2-4-8-12)18(26)19(14,21-20-15)11-6-5-9-13(10-11)23(27)28/h2-10,14,21H,1H3/t14-,19+/m0/s1. The number of methoxy groups -OCH3 is 1. The molecule has 10 nitrogen and oxygen atoms in total. The lowest BCUT2D eigenvalue weighted by Gasteiger charge is -2.26. The molecule has 0 radical (unpaired) electrons. The van der Waals surface area contributed by atoms with E-state index in [0.717, 1.165) is 12.0 Å². The van der Waals surface area contributed by atoms with Crippen LogP contribution in [0.2, 0.25) is 0 Å². The van der Waals surface area contributed by atoms with Crippen LogP contribution in [-0.2, 0) is 24.7 Å². The molecule has 10 heteroatoms. The zero-order valence-electron chi connectivity index (χ0n) is 15.1. The number of para-hydroxylation sites is 1. The number of nitrogens with zero attached hydrogens (tertiary/aromatic N) is 3. The van der Waals surface area contributed by atoms with Crippen molar-refractivity contribution in [3.8, 4) is 0 Å². The number of fused-ring (bicyclic) bond motifs is 1. The SMILES string of the molecule is COC(=O)C1=NN[C@@]2(c3cccc([N+](=O)[O-])c3)C(=O)N(c3ccccc3)C(=O)[C@H]12. The number of rotatable bonds is 4. The summed E-state index contributed by atoms with van der Waals surface area (Å²) in [5.41, 5.74) is 0.755. The molecule has 0 saturated carbocycles. The molecule has 1 N–H and O–H groups in total. The molecule has 29 heavy (non-hydrogen) atoms. The Bertz CT molecular complexity index is 1080. The van der Waals surface area contributed by atoms with Crippen molar-refractivity contribution < 1.29 is 24.0 Å². The van der Waals surface area contributed by atoms with Gasteiger partial charge in [-0.25, -0.2) is 9.69 Å². The number of carbonyl (C=O) groups is 3. The highest BCUT2D eigenvalue weighted by atomic mass is 16.6. The van der Waals surface area contributed by atoms with Crippen LogP contribution in [0.1, 0.15) is 5.56 Å². The monoisotopic (exact) mass is 394 g/mol. The Labute approximate surface area is 163 Å². The van der Waals surface area contributed by atoms with Gasteiger partial charge >= 0.3 is 5.97 Å². The van der Waals surface area contributed by atoms with Gasteiger partial charge < -0.3 is 4.74 Å². The first kappa shape index (κ1) is 18.3. The summed E-state index contributed by atoms with van der Waals surface area (Å²) in [6.45, 7) is 0. The van der Waals surface area contributed by atoms with E-state index < -0.39 is 34.2 Å². The summed E-state index contributed by atoms with van der Waals surface area (Å²) in [6, 6.07) is 13.5. The largest absolute Gasteiger partial charge is 0.464 e. The molecule has 2 aliphatic rings.